The van der Waals surface area contributed by atoms with Gasteiger partial charge < -0.3 is 4.42 Å². The van der Waals surface area contributed by atoms with Gasteiger partial charge in [-0.05, 0) is 24.0 Å². The maximum absolute atomic E-state index is 12.3. The maximum atomic E-state index is 12.3. The molecule has 0 spiro atoms. The summed E-state index contributed by atoms with van der Waals surface area (Å²) in [7, 11) is 0. The Morgan fingerprint density at radius 1 is 1.14 bits per heavy atom. The van der Waals surface area contributed by atoms with Gasteiger partial charge in [-0.3, -0.25) is 0 Å². The molecule has 14 heavy (non-hydrogen) atoms. The van der Waals surface area contributed by atoms with Gasteiger partial charge in [0.1, 0.15) is 5.76 Å². The Balaban J connectivity index is 3.19. The number of aryl methyl sites for hydroxylation is 1. The number of hydrogen-bond donors (Lipinski definition) is 0. The van der Waals surface area contributed by atoms with E-state index in [9.17, 15) is 13.2 Å². The van der Waals surface area contributed by atoms with Gasteiger partial charge in [0.05, 0.1) is 0 Å². The van der Waals surface area contributed by atoms with E-state index in [4.69, 9.17) is 0 Å². The van der Waals surface area contributed by atoms with E-state index in [1.54, 1.807) is 6.92 Å². The van der Waals surface area contributed by atoms with Crippen LogP contribution >= 0.6 is 0 Å². The second kappa shape index (κ2) is 3.04. The van der Waals surface area contributed by atoms with Crippen LogP contribution in [0.1, 0.15) is 37.9 Å². The lowest BCUT2D eigenvalue weighted by atomic mass is 9.87. The summed E-state index contributed by atoms with van der Waals surface area (Å²) in [6.07, 6.45) is -4.39. The monoisotopic (exact) mass is 206 g/mol. The van der Waals surface area contributed by atoms with Gasteiger partial charge in [0.2, 0.25) is 5.76 Å². The number of rotatable bonds is 0. The average Bonchev–Trinajstić information content (AvgIpc) is 2.27. The van der Waals surface area contributed by atoms with Crippen molar-refractivity contribution in [2.45, 2.75) is 39.3 Å². The predicted octanol–water partition coefficient (Wildman–Crippen LogP) is 3.90. The summed E-state index contributed by atoms with van der Waals surface area (Å²) in [6.45, 7) is 7.11. The van der Waals surface area contributed by atoms with Crippen molar-refractivity contribution in [1.82, 2.24) is 0 Å². The standard InChI is InChI=1S/C10H13F3O/c1-6-7(9(2,3)4)5-8(14-6)10(11,12)13/h5H,1-4H3. The third-order valence-corrected chi connectivity index (χ3v) is 2.01. The quantitative estimate of drug-likeness (QED) is 0.627. The Kier molecular flexibility index (Phi) is 2.42. The van der Waals surface area contributed by atoms with E-state index in [1.807, 2.05) is 20.8 Å². The third-order valence-electron chi connectivity index (χ3n) is 2.01. The van der Waals surface area contributed by atoms with E-state index in [1.165, 1.54) is 0 Å². The maximum Gasteiger partial charge on any atom is 0.449 e. The van der Waals surface area contributed by atoms with Gasteiger partial charge in [-0.15, -0.1) is 0 Å². The summed E-state index contributed by atoms with van der Waals surface area (Å²) in [6, 6.07) is 1.08. The van der Waals surface area contributed by atoms with Crippen molar-refractivity contribution < 1.29 is 17.6 Å². The van der Waals surface area contributed by atoms with Crippen LogP contribution in [0.4, 0.5) is 13.2 Å². The Morgan fingerprint density at radius 3 is 1.86 bits per heavy atom. The molecule has 1 nitrogen and oxygen atoms in total. The molecule has 1 rings (SSSR count). The summed E-state index contributed by atoms with van der Waals surface area (Å²) in [5.74, 6) is -0.579. The summed E-state index contributed by atoms with van der Waals surface area (Å²) < 4.78 is 41.5. The minimum atomic E-state index is -4.39. The molecule has 0 saturated carbocycles. The van der Waals surface area contributed by atoms with Crippen LogP contribution in [0.15, 0.2) is 10.5 Å². The highest BCUT2D eigenvalue weighted by Crippen LogP contribution is 2.36. The van der Waals surface area contributed by atoms with Crippen LogP contribution in [-0.4, -0.2) is 0 Å². The molecule has 0 amide bonds. The molecular formula is C10H13F3O. The lowest BCUT2D eigenvalue weighted by Gasteiger charge is -2.16. The van der Waals surface area contributed by atoms with E-state index in [-0.39, 0.29) is 5.41 Å². The van der Waals surface area contributed by atoms with Gasteiger partial charge in [0, 0.05) is 0 Å². The Hall–Kier alpha value is -0.930. The molecule has 1 aromatic rings. The molecule has 0 aliphatic rings. The van der Waals surface area contributed by atoms with Crippen LogP contribution in [0.5, 0.6) is 0 Å². The molecule has 80 valence electrons. The lowest BCUT2D eigenvalue weighted by molar-refractivity contribution is -0.153. The van der Waals surface area contributed by atoms with Gasteiger partial charge in [-0.2, -0.15) is 13.2 Å². The van der Waals surface area contributed by atoms with Crippen LogP contribution in [0.3, 0.4) is 0 Å². The van der Waals surface area contributed by atoms with Crippen LogP contribution < -0.4 is 0 Å². The topological polar surface area (TPSA) is 13.1 Å². The highest BCUT2D eigenvalue weighted by molar-refractivity contribution is 5.28. The van der Waals surface area contributed by atoms with Crippen molar-refractivity contribution in [3.8, 4) is 0 Å². The lowest BCUT2D eigenvalue weighted by Crippen LogP contribution is -2.11. The second-order valence-electron chi connectivity index (χ2n) is 4.33. The summed E-state index contributed by atoms with van der Waals surface area (Å²) in [4.78, 5) is 0. The van der Waals surface area contributed by atoms with Crippen molar-refractivity contribution in [3.05, 3.63) is 23.2 Å². The molecule has 0 bridgehead atoms. The molecule has 0 aromatic carbocycles. The van der Waals surface area contributed by atoms with Crippen molar-refractivity contribution in [2.75, 3.05) is 0 Å². The first-order valence-corrected chi connectivity index (χ1v) is 4.30. The van der Waals surface area contributed by atoms with Gasteiger partial charge in [0.25, 0.3) is 0 Å². The molecule has 0 aliphatic heterocycles. The average molecular weight is 206 g/mol. The van der Waals surface area contributed by atoms with Crippen LogP contribution in [0.25, 0.3) is 0 Å². The molecule has 1 heterocycles. The van der Waals surface area contributed by atoms with Crippen molar-refractivity contribution in [1.29, 1.82) is 0 Å². The zero-order valence-corrected chi connectivity index (χ0v) is 8.62. The number of hydrogen-bond acceptors (Lipinski definition) is 1. The zero-order chi connectivity index (χ0) is 11.1. The Labute approximate surface area is 80.9 Å². The van der Waals surface area contributed by atoms with Crippen molar-refractivity contribution in [2.24, 2.45) is 0 Å². The molecule has 4 heteroatoms. The fraction of sp³-hybridized carbons (Fsp3) is 0.600. The molecule has 0 saturated heterocycles. The van der Waals surface area contributed by atoms with E-state index >= 15 is 0 Å². The fourth-order valence-electron chi connectivity index (χ4n) is 1.37. The zero-order valence-electron chi connectivity index (χ0n) is 8.62. The first-order valence-electron chi connectivity index (χ1n) is 4.30. The van der Waals surface area contributed by atoms with Crippen molar-refractivity contribution in [3.63, 3.8) is 0 Å². The Morgan fingerprint density at radius 2 is 1.64 bits per heavy atom. The second-order valence-corrected chi connectivity index (χ2v) is 4.33. The van der Waals surface area contributed by atoms with E-state index in [2.05, 4.69) is 4.42 Å². The molecule has 0 aliphatic carbocycles. The summed E-state index contributed by atoms with van der Waals surface area (Å²) >= 11 is 0. The number of furan rings is 1. The van der Waals surface area contributed by atoms with Crippen LogP contribution in [0.2, 0.25) is 0 Å². The van der Waals surface area contributed by atoms with E-state index in [0.717, 1.165) is 6.07 Å². The normalized spacial score (nSPS) is 13.4. The van der Waals surface area contributed by atoms with E-state index < -0.39 is 11.9 Å². The number of alkyl halides is 3. The van der Waals surface area contributed by atoms with Crippen molar-refractivity contribution >= 4 is 0 Å². The highest BCUT2D eigenvalue weighted by Gasteiger charge is 2.37. The molecule has 0 unspecified atom stereocenters. The highest BCUT2D eigenvalue weighted by atomic mass is 19.4. The minimum absolute atomic E-state index is 0.322. The molecular weight excluding hydrogens is 193 g/mol. The van der Waals surface area contributed by atoms with Gasteiger partial charge in [-0.1, -0.05) is 20.8 Å². The molecule has 0 fully saturated rings. The SMILES string of the molecule is Cc1oc(C(F)(F)F)cc1C(C)(C)C. The number of halogens is 3. The molecule has 0 N–H and O–H groups in total. The molecule has 0 atom stereocenters. The van der Waals surface area contributed by atoms with E-state index in [0.29, 0.717) is 11.3 Å². The first-order chi connectivity index (χ1) is 6.12. The largest absolute Gasteiger partial charge is 0.456 e. The van der Waals surface area contributed by atoms with Crippen LogP contribution in [-0.2, 0) is 11.6 Å². The Bertz CT molecular complexity index is 328. The van der Waals surface area contributed by atoms with Gasteiger partial charge in [0.15, 0.2) is 0 Å². The van der Waals surface area contributed by atoms with Gasteiger partial charge >= 0.3 is 6.18 Å². The van der Waals surface area contributed by atoms with Crippen LogP contribution in [0, 0.1) is 6.92 Å². The fourth-order valence-corrected chi connectivity index (χ4v) is 1.37. The summed E-state index contributed by atoms with van der Waals surface area (Å²) in [5.41, 5.74) is 0.279. The minimum Gasteiger partial charge on any atom is -0.456 e. The predicted molar refractivity (Wildman–Crippen MR) is 47.1 cm³/mol. The molecule has 0 radical (unpaired) electrons. The summed E-state index contributed by atoms with van der Waals surface area (Å²) in [5, 5.41) is 0. The first kappa shape index (κ1) is 11.1. The van der Waals surface area contributed by atoms with Gasteiger partial charge in [-0.25, -0.2) is 0 Å². The molecule has 1 aromatic heterocycles. The smallest absolute Gasteiger partial charge is 0.449 e. The third kappa shape index (κ3) is 2.11.